The van der Waals surface area contributed by atoms with E-state index in [9.17, 15) is 0 Å². The van der Waals surface area contributed by atoms with Gasteiger partial charge in [0.05, 0.1) is 16.8 Å². The summed E-state index contributed by atoms with van der Waals surface area (Å²) in [5.74, 6) is 0. The second-order valence-corrected chi connectivity index (χ2v) is 7.31. The molecule has 130 valence electrons. The zero-order chi connectivity index (χ0) is 16.6. The summed E-state index contributed by atoms with van der Waals surface area (Å²) < 4.78 is 13.6. The Bertz CT molecular complexity index is 713. The summed E-state index contributed by atoms with van der Waals surface area (Å²) in [5.41, 5.74) is 3.66. The number of hydrogen-bond donors (Lipinski definition) is 1. The topological polar surface area (TPSA) is 48.3 Å². The smallest absolute Gasteiger partial charge is 0.0841 e. The quantitative estimate of drug-likeness (QED) is 0.940. The number of ether oxygens (including phenoxy) is 2. The fraction of sp³-hybridized carbons (Fsp3) is 0.632. The van der Waals surface area contributed by atoms with Crippen molar-refractivity contribution in [1.29, 1.82) is 0 Å². The first-order chi connectivity index (χ1) is 11.7. The molecule has 2 aliphatic heterocycles. The first-order valence-electron chi connectivity index (χ1n) is 9.03. The van der Waals surface area contributed by atoms with E-state index in [-0.39, 0.29) is 5.60 Å². The van der Waals surface area contributed by atoms with Crippen LogP contribution < -0.4 is 5.32 Å². The number of nitrogens with one attached hydrogen (secondary N) is 1. The van der Waals surface area contributed by atoms with Crippen molar-refractivity contribution >= 4 is 10.9 Å². The van der Waals surface area contributed by atoms with Crippen molar-refractivity contribution in [3.8, 4) is 0 Å². The molecule has 0 saturated carbocycles. The van der Waals surface area contributed by atoms with E-state index in [0.717, 1.165) is 57.7 Å². The molecule has 4 rings (SSSR count). The Morgan fingerprint density at radius 3 is 2.96 bits per heavy atom. The van der Waals surface area contributed by atoms with Crippen LogP contribution in [0.25, 0.3) is 10.9 Å². The van der Waals surface area contributed by atoms with Crippen molar-refractivity contribution in [2.45, 2.75) is 50.8 Å². The van der Waals surface area contributed by atoms with Crippen LogP contribution in [0.2, 0.25) is 0 Å². The van der Waals surface area contributed by atoms with E-state index in [1.165, 1.54) is 16.5 Å². The first kappa shape index (κ1) is 16.1. The highest BCUT2D eigenvalue weighted by atomic mass is 16.5. The van der Waals surface area contributed by atoms with Gasteiger partial charge >= 0.3 is 0 Å². The Morgan fingerprint density at radius 1 is 1.29 bits per heavy atom. The van der Waals surface area contributed by atoms with Crippen LogP contribution in [0.3, 0.4) is 0 Å². The van der Waals surface area contributed by atoms with Crippen LogP contribution in [0.5, 0.6) is 0 Å². The number of fused-ring (bicyclic) bond motifs is 1. The Morgan fingerprint density at radius 2 is 2.12 bits per heavy atom. The van der Waals surface area contributed by atoms with E-state index in [1.807, 2.05) is 11.7 Å². The second kappa shape index (κ2) is 6.47. The molecule has 0 radical (unpaired) electrons. The summed E-state index contributed by atoms with van der Waals surface area (Å²) in [5, 5.41) is 9.72. The van der Waals surface area contributed by atoms with Crippen LogP contribution in [0, 0.1) is 6.92 Å². The summed E-state index contributed by atoms with van der Waals surface area (Å²) in [7, 11) is 2.02. The number of rotatable bonds is 3. The SMILES string of the molecule is Cc1ccc2c(c1)c(CN[C@@H]1CCOC3(CCOCC3)C1)nn2C. The summed E-state index contributed by atoms with van der Waals surface area (Å²) in [6.07, 6.45) is 4.21. The molecule has 1 N–H and O–H groups in total. The minimum atomic E-state index is 0.0386. The van der Waals surface area contributed by atoms with Gasteiger partial charge in [-0.25, -0.2) is 0 Å². The van der Waals surface area contributed by atoms with Crippen molar-refractivity contribution < 1.29 is 9.47 Å². The van der Waals surface area contributed by atoms with E-state index in [2.05, 4.69) is 30.4 Å². The van der Waals surface area contributed by atoms with Gasteiger partial charge in [0.25, 0.3) is 0 Å². The maximum absolute atomic E-state index is 6.14. The maximum atomic E-state index is 6.14. The minimum absolute atomic E-state index is 0.0386. The molecule has 1 aromatic heterocycles. The molecule has 5 heteroatoms. The fourth-order valence-electron chi connectivity index (χ4n) is 4.12. The highest BCUT2D eigenvalue weighted by molar-refractivity contribution is 5.82. The Labute approximate surface area is 143 Å². The Kier molecular flexibility index (Phi) is 4.33. The highest BCUT2D eigenvalue weighted by Crippen LogP contribution is 2.34. The summed E-state index contributed by atoms with van der Waals surface area (Å²) in [6.45, 7) is 5.46. The van der Waals surface area contributed by atoms with Crippen LogP contribution >= 0.6 is 0 Å². The van der Waals surface area contributed by atoms with Gasteiger partial charge in [0.15, 0.2) is 0 Å². The molecule has 0 aliphatic carbocycles. The predicted molar refractivity (Wildman–Crippen MR) is 94.0 cm³/mol. The normalized spacial score (nSPS) is 23.8. The molecule has 3 heterocycles. The van der Waals surface area contributed by atoms with Crippen LogP contribution in [0.15, 0.2) is 18.2 Å². The van der Waals surface area contributed by atoms with Crippen LogP contribution in [-0.2, 0) is 23.1 Å². The Balaban J connectivity index is 1.46. The van der Waals surface area contributed by atoms with E-state index < -0.39 is 0 Å². The lowest BCUT2D eigenvalue weighted by atomic mass is 9.84. The third kappa shape index (κ3) is 3.08. The van der Waals surface area contributed by atoms with Gasteiger partial charge < -0.3 is 14.8 Å². The molecule has 0 amide bonds. The molecule has 2 aliphatic rings. The van der Waals surface area contributed by atoms with Gasteiger partial charge in [-0.1, -0.05) is 11.6 Å². The first-order valence-corrected chi connectivity index (χ1v) is 9.03. The molecule has 0 bridgehead atoms. The lowest BCUT2D eigenvalue weighted by molar-refractivity contribution is -0.140. The lowest BCUT2D eigenvalue weighted by Gasteiger charge is -2.43. The number of benzene rings is 1. The molecule has 24 heavy (non-hydrogen) atoms. The van der Waals surface area contributed by atoms with Gasteiger partial charge in [0.1, 0.15) is 0 Å². The number of nitrogens with zero attached hydrogens (tertiary/aromatic N) is 2. The fourth-order valence-corrected chi connectivity index (χ4v) is 4.12. The monoisotopic (exact) mass is 329 g/mol. The molecular weight excluding hydrogens is 302 g/mol. The largest absolute Gasteiger partial charge is 0.381 e. The van der Waals surface area contributed by atoms with Gasteiger partial charge in [0, 0.05) is 44.8 Å². The third-order valence-corrected chi connectivity index (χ3v) is 5.54. The van der Waals surface area contributed by atoms with Crippen molar-refractivity contribution in [2.75, 3.05) is 19.8 Å². The summed E-state index contributed by atoms with van der Waals surface area (Å²) in [4.78, 5) is 0. The van der Waals surface area contributed by atoms with Crippen LogP contribution in [0.1, 0.15) is 36.9 Å². The van der Waals surface area contributed by atoms with Gasteiger partial charge in [-0.2, -0.15) is 5.10 Å². The molecule has 5 nitrogen and oxygen atoms in total. The molecule has 2 fully saturated rings. The molecule has 2 aromatic rings. The minimum Gasteiger partial charge on any atom is -0.381 e. The molecule has 1 aromatic carbocycles. The number of aryl methyl sites for hydroxylation is 2. The van der Waals surface area contributed by atoms with Crippen molar-refractivity contribution in [1.82, 2.24) is 15.1 Å². The van der Waals surface area contributed by atoms with Crippen LogP contribution in [0.4, 0.5) is 0 Å². The molecule has 1 atom stereocenters. The van der Waals surface area contributed by atoms with Crippen LogP contribution in [-0.4, -0.2) is 41.2 Å². The second-order valence-electron chi connectivity index (χ2n) is 7.31. The van der Waals surface area contributed by atoms with E-state index in [1.54, 1.807) is 0 Å². The van der Waals surface area contributed by atoms with Crippen molar-refractivity contribution in [3.05, 3.63) is 29.5 Å². The number of aromatic nitrogens is 2. The van der Waals surface area contributed by atoms with E-state index in [4.69, 9.17) is 14.6 Å². The Hall–Kier alpha value is -1.43. The van der Waals surface area contributed by atoms with E-state index >= 15 is 0 Å². The average Bonchev–Trinajstić information content (AvgIpc) is 2.89. The highest BCUT2D eigenvalue weighted by Gasteiger charge is 2.38. The summed E-state index contributed by atoms with van der Waals surface area (Å²) in [6, 6.07) is 7.04. The molecule has 1 spiro atoms. The summed E-state index contributed by atoms with van der Waals surface area (Å²) >= 11 is 0. The van der Waals surface area contributed by atoms with Gasteiger partial charge in [-0.15, -0.1) is 0 Å². The van der Waals surface area contributed by atoms with Gasteiger partial charge in [0.2, 0.25) is 0 Å². The predicted octanol–water partition coefficient (Wildman–Crippen LogP) is 2.70. The van der Waals surface area contributed by atoms with E-state index in [0.29, 0.717) is 6.04 Å². The lowest BCUT2D eigenvalue weighted by Crippen LogP contribution is -2.49. The molecule has 0 unspecified atom stereocenters. The van der Waals surface area contributed by atoms with Crippen molar-refractivity contribution in [3.63, 3.8) is 0 Å². The third-order valence-electron chi connectivity index (χ3n) is 5.54. The molecular formula is C19H27N3O2. The maximum Gasteiger partial charge on any atom is 0.0841 e. The average molecular weight is 329 g/mol. The molecule has 2 saturated heterocycles. The van der Waals surface area contributed by atoms with Crippen molar-refractivity contribution in [2.24, 2.45) is 7.05 Å². The van der Waals surface area contributed by atoms with Gasteiger partial charge in [-0.05, 0) is 44.7 Å². The zero-order valence-corrected chi connectivity index (χ0v) is 14.7. The zero-order valence-electron chi connectivity index (χ0n) is 14.7. The van der Waals surface area contributed by atoms with Gasteiger partial charge in [-0.3, -0.25) is 4.68 Å². The standard InChI is InChI=1S/C19H27N3O2/c1-14-3-4-18-16(11-14)17(21-22(18)2)13-20-15-5-8-24-19(12-15)6-9-23-10-7-19/h3-4,11,15,20H,5-10,12-13H2,1-2H3/t15-/m1/s1. The number of hydrogen-bond acceptors (Lipinski definition) is 4.